The SMILES string of the molecule is O=S(=O)([O-])c1c(C2CCCCC2)cc(Sc2cc(C3CCCCC3)cc(C3CCCCC3)c2)cc1C1CCCCC1. The molecule has 6 rings (SSSR count). The van der Waals surface area contributed by atoms with E-state index in [4.69, 9.17) is 0 Å². The summed E-state index contributed by atoms with van der Waals surface area (Å²) >= 11 is 1.82. The Morgan fingerprint density at radius 3 is 1.20 bits per heavy atom. The van der Waals surface area contributed by atoms with E-state index in [-0.39, 0.29) is 16.7 Å². The molecule has 4 saturated carbocycles. The lowest BCUT2D eigenvalue weighted by Crippen LogP contribution is -2.16. The van der Waals surface area contributed by atoms with E-state index in [0.29, 0.717) is 11.8 Å². The van der Waals surface area contributed by atoms with Gasteiger partial charge in [-0.2, -0.15) is 0 Å². The Morgan fingerprint density at radius 2 is 0.829 bits per heavy atom. The fourth-order valence-corrected chi connectivity index (χ4v) is 10.7. The minimum Gasteiger partial charge on any atom is -0.744 e. The van der Waals surface area contributed by atoms with E-state index in [0.717, 1.165) is 67.4 Å². The van der Waals surface area contributed by atoms with E-state index in [9.17, 15) is 13.0 Å². The standard InChI is InChI=1S/C36H50O3S2/c37-41(38,39)36-34(28-17-9-3-10-18-28)24-33(25-35(36)29-19-11-4-12-20-29)40-32-22-30(26-13-5-1-6-14-26)21-31(23-32)27-15-7-2-8-16-27/h21-29H,1-20H2,(H,37,38,39)/p-1. The van der Waals surface area contributed by atoms with Crippen molar-refractivity contribution < 1.29 is 13.0 Å². The van der Waals surface area contributed by atoms with Crippen molar-refractivity contribution in [2.24, 2.45) is 0 Å². The molecular formula is C36H49O3S2-. The van der Waals surface area contributed by atoms with E-state index in [1.165, 1.54) is 93.1 Å². The molecule has 4 fully saturated rings. The molecule has 0 aromatic heterocycles. The van der Waals surface area contributed by atoms with Crippen LogP contribution in [0.3, 0.4) is 0 Å². The molecule has 0 atom stereocenters. The molecule has 0 N–H and O–H groups in total. The van der Waals surface area contributed by atoms with Crippen molar-refractivity contribution in [3.05, 3.63) is 52.6 Å². The summed E-state index contributed by atoms with van der Waals surface area (Å²) in [4.78, 5) is 2.59. The van der Waals surface area contributed by atoms with Crippen molar-refractivity contribution in [1.29, 1.82) is 0 Å². The Hall–Kier alpha value is -1.30. The van der Waals surface area contributed by atoms with Gasteiger partial charge in [0.25, 0.3) is 0 Å². The Morgan fingerprint density at radius 1 is 0.488 bits per heavy atom. The molecule has 0 radical (unpaired) electrons. The predicted octanol–water partition coefficient (Wildman–Crippen LogP) is 10.9. The molecule has 5 heteroatoms. The van der Waals surface area contributed by atoms with Gasteiger partial charge in [-0.1, -0.05) is 94.9 Å². The molecule has 0 aliphatic heterocycles. The topological polar surface area (TPSA) is 57.2 Å². The summed E-state index contributed by atoms with van der Waals surface area (Å²) in [6.45, 7) is 0. The van der Waals surface area contributed by atoms with Crippen LogP contribution in [0.1, 0.15) is 174 Å². The maximum absolute atomic E-state index is 12.9. The second-order valence-electron chi connectivity index (χ2n) is 13.7. The number of rotatable bonds is 7. The molecule has 4 aliphatic rings. The smallest absolute Gasteiger partial charge is 0.124 e. The van der Waals surface area contributed by atoms with Crippen molar-refractivity contribution in [3.63, 3.8) is 0 Å². The van der Waals surface area contributed by atoms with E-state index in [1.807, 2.05) is 11.8 Å². The molecule has 2 aromatic carbocycles. The van der Waals surface area contributed by atoms with Crippen LogP contribution in [0.15, 0.2) is 45.0 Å². The first kappa shape index (κ1) is 29.8. The van der Waals surface area contributed by atoms with E-state index in [2.05, 4.69) is 30.3 Å². The average Bonchev–Trinajstić information content (AvgIpc) is 3.02. The lowest BCUT2D eigenvalue weighted by molar-refractivity contribution is 0.415. The Bertz CT molecular complexity index is 1200. The summed E-state index contributed by atoms with van der Waals surface area (Å²) in [7, 11) is -4.55. The Balaban J connectivity index is 1.42. The highest BCUT2D eigenvalue weighted by atomic mass is 32.2. The van der Waals surface area contributed by atoms with Gasteiger partial charge in [-0.3, -0.25) is 0 Å². The van der Waals surface area contributed by atoms with Crippen molar-refractivity contribution in [2.45, 2.75) is 167 Å². The molecule has 0 bridgehead atoms. The van der Waals surface area contributed by atoms with Gasteiger partial charge in [0, 0.05) is 9.79 Å². The third-order valence-corrected chi connectivity index (χ3v) is 12.7. The highest BCUT2D eigenvalue weighted by molar-refractivity contribution is 7.99. The van der Waals surface area contributed by atoms with Crippen LogP contribution in [0.25, 0.3) is 0 Å². The average molecular weight is 594 g/mol. The summed E-state index contributed by atoms with van der Waals surface area (Å²) in [6, 6.07) is 11.7. The van der Waals surface area contributed by atoms with Gasteiger partial charge in [-0.05, 0) is 122 Å². The largest absolute Gasteiger partial charge is 0.744 e. The maximum Gasteiger partial charge on any atom is 0.124 e. The third-order valence-electron chi connectivity index (χ3n) is 10.8. The zero-order chi connectivity index (χ0) is 28.2. The molecule has 0 spiro atoms. The Kier molecular flexibility index (Phi) is 9.84. The molecule has 3 nitrogen and oxygen atoms in total. The number of benzene rings is 2. The highest BCUT2D eigenvalue weighted by Gasteiger charge is 2.29. The first-order valence-corrected chi connectivity index (χ1v) is 19.1. The van der Waals surface area contributed by atoms with Crippen molar-refractivity contribution in [3.8, 4) is 0 Å². The molecule has 0 heterocycles. The van der Waals surface area contributed by atoms with Crippen LogP contribution >= 0.6 is 11.8 Å². The summed E-state index contributed by atoms with van der Waals surface area (Å²) in [5.41, 5.74) is 4.71. The van der Waals surface area contributed by atoms with Crippen LogP contribution in [0.2, 0.25) is 0 Å². The van der Waals surface area contributed by atoms with Crippen LogP contribution in [-0.2, 0) is 10.1 Å². The molecule has 0 unspecified atom stereocenters. The normalized spacial score (nSPS) is 22.7. The Labute approximate surface area is 253 Å². The lowest BCUT2D eigenvalue weighted by Gasteiger charge is -2.31. The molecular weight excluding hydrogens is 545 g/mol. The fraction of sp³-hybridized carbons (Fsp3) is 0.667. The van der Waals surface area contributed by atoms with Gasteiger partial charge in [0.05, 0.1) is 4.90 Å². The zero-order valence-electron chi connectivity index (χ0n) is 24.9. The minimum atomic E-state index is -4.55. The molecule has 0 amide bonds. The number of hydrogen-bond acceptors (Lipinski definition) is 4. The summed E-state index contributed by atoms with van der Waals surface area (Å²) in [6.07, 6.45) is 24.1. The predicted molar refractivity (Wildman–Crippen MR) is 168 cm³/mol. The van der Waals surface area contributed by atoms with E-state index < -0.39 is 10.1 Å². The summed E-state index contributed by atoms with van der Waals surface area (Å²) in [5.74, 6) is 1.68. The molecule has 2 aromatic rings. The maximum atomic E-state index is 12.9. The monoisotopic (exact) mass is 593 g/mol. The minimum absolute atomic E-state index is 0.152. The molecule has 0 saturated heterocycles. The summed E-state index contributed by atoms with van der Waals surface area (Å²) in [5, 5.41) is 0. The fourth-order valence-electron chi connectivity index (χ4n) is 8.61. The van der Waals surface area contributed by atoms with Crippen molar-refractivity contribution >= 4 is 21.9 Å². The summed E-state index contributed by atoms with van der Waals surface area (Å²) < 4.78 is 38.7. The first-order valence-electron chi connectivity index (χ1n) is 16.9. The van der Waals surface area contributed by atoms with Gasteiger partial charge in [-0.25, -0.2) is 8.42 Å². The van der Waals surface area contributed by atoms with Crippen LogP contribution < -0.4 is 0 Å². The molecule has 4 aliphatic carbocycles. The van der Waals surface area contributed by atoms with Crippen LogP contribution in [-0.4, -0.2) is 13.0 Å². The highest BCUT2D eigenvalue weighted by Crippen LogP contribution is 2.46. The van der Waals surface area contributed by atoms with Gasteiger partial charge < -0.3 is 4.55 Å². The lowest BCUT2D eigenvalue weighted by atomic mass is 9.80. The van der Waals surface area contributed by atoms with E-state index >= 15 is 0 Å². The molecule has 41 heavy (non-hydrogen) atoms. The quantitative estimate of drug-likeness (QED) is 0.300. The zero-order valence-corrected chi connectivity index (χ0v) is 26.5. The third kappa shape index (κ3) is 7.27. The van der Waals surface area contributed by atoms with Gasteiger partial charge in [0.2, 0.25) is 0 Å². The first-order chi connectivity index (χ1) is 20.0. The van der Waals surface area contributed by atoms with Crippen LogP contribution in [0.5, 0.6) is 0 Å². The van der Waals surface area contributed by atoms with Crippen molar-refractivity contribution in [1.82, 2.24) is 0 Å². The van der Waals surface area contributed by atoms with Gasteiger partial charge >= 0.3 is 0 Å². The van der Waals surface area contributed by atoms with Crippen molar-refractivity contribution in [2.75, 3.05) is 0 Å². The second-order valence-corrected chi connectivity index (χ2v) is 16.1. The van der Waals surface area contributed by atoms with Gasteiger partial charge in [-0.15, -0.1) is 0 Å². The molecule has 224 valence electrons. The van der Waals surface area contributed by atoms with Gasteiger partial charge in [0.1, 0.15) is 10.1 Å². The van der Waals surface area contributed by atoms with Crippen LogP contribution in [0, 0.1) is 0 Å². The second kappa shape index (κ2) is 13.6. The van der Waals surface area contributed by atoms with Crippen LogP contribution in [0.4, 0.5) is 0 Å². The van der Waals surface area contributed by atoms with E-state index in [1.54, 1.807) is 0 Å². The number of hydrogen-bond donors (Lipinski definition) is 0. The van der Waals surface area contributed by atoms with Gasteiger partial charge in [0.15, 0.2) is 0 Å².